The number of aliphatic imine (C=N–C) groups is 1. The molecule has 2 aliphatic heterocycles. The summed E-state index contributed by atoms with van der Waals surface area (Å²) >= 11 is 7.43. The first-order chi connectivity index (χ1) is 14.5. The second-order valence-electron chi connectivity index (χ2n) is 7.47. The second-order valence-corrected chi connectivity index (χ2v) is 8.91. The lowest BCUT2D eigenvalue weighted by atomic mass is 10.2. The molecule has 0 aliphatic carbocycles. The molecule has 2 aromatic carbocycles. The van der Waals surface area contributed by atoms with Gasteiger partial charge in [-0.2, -0.15) is 4.99 Å². The number of benzene rings is 2. The van der Waals surface area contributed by atoms with Crippen molar-refractivity contribution in [3.05, 3.63) is 64.0 Å². The maximum atomic E-state index is 12.5. The van der Waals surface area contributed by atoms with Gasteiger partial charge in [0.05, 0.1) is 11.0 Å². The normalized spacial score (nSPS) is 18.3. The number of amides is 1. The highest BCUT2D eigenvalue weighted by Gasteiger charge is 2.28. The monoisotopic (exact) mass is 441 g/mol. The zero-order chi connectivity index (χ0) is 21.1. The number of para-hydroxylation sites is 1. The van der Waals surface area contributed by atoms with Gasteiger partial charge in [-0.25, -0.2) is 0 Å². The first-order valence-corrected chi connectivity index (χ1v) is 11.2. The number of carbonyl (C=O) groups is 1. The van der Waals surface area contributed by atoms with Crippen molar-refractivity contribution in [3.8, 4) is 5.75 Å². The smallest absolute Gasteiger partial charge is 0.286 e. The van der Waals surface area contributed by atoms with E-state index in [0.717, 1.165) is 47.7 Å². The summed E-state index contributed by atoms with van der Waals surface area (Å²) in [6, 6.07) is 15.7. The van der Waals surface area contributed by atoms with E-state index in [1.165, 1.54) is 17.4 Å². The van der Waals surface area contributed by atoms with E-state index in [9.17, 15) is 4.79 Å². The summed E-state index contributed by atoms with van der Waals surface area (Å²) in [6.07, 6.45) is 1.95. The van der Waals surface area contributed by atoms with Crippen LogP contribution < -0.4 is 9.64 Å². The van der Waals surface area contributed by atoms with Crippen LogP contribution in [0.4, 0.5) is 5.69 Å². The van der Waals surface area contributed by atoms with Crippen molar-refractivity contribution in [1.29, 1.82) is 0 Å². The Balaban J connectivity index is 1.41. The Kier molecular flexibility index (Phi) is 6.35. The number of anilines is 1. The van der Waals surface area contributed by atoms with Crippen LogP contribution in [0.2, 0.25) is 5.02 Å². The summed E-state index contributed by atoms with van der Waals surface area (Å²) in [4.78, 5) is 22.0. The highest BCUT2D eigenvalue weighted by atomic mass is 35.5. The van der Waals surface area contributed by atoms with Crippen molar-refractivity contribution < 1.29 is 9.53 Å². The van der Waals surface area contributed by atoms with Crippen LogP contribution in [0.1, 0.15) is 19.4 Å². The van der Waals surface area contributed by atoms with Crippen molar-refractivity contribution in [2.24, 2.45) is 4.99 Å². The topological polar surface area (TPSA) is 45.1 Å². The Labute approximate surface area is 186 Å². The highest BCUT2D eigenvalue weighted by molar-refractivity contribution is 8.18. The van der Waals surface area contributed by atoms with Gasteiger partial charge in [0.15, 0.2) is 5.17 Å². The van der Waals surface area contributed by atoms with Gasteiger partial charge in [-0.1, -0.05) is 29.8 Å². The summed E-state index contributed by atoms with van der Waals surface area (Å²) in [5.74, 6) is 0.591. The molecular formula is C23H24ClN3O2S. The van der Waals surface area contributed by atoms with Crippen molar-refractivity contribution in [2.45, 2.75) is 20.0 Å². The lowest BCUT2D eigenvalue weighted by molar-refractivity contribution is -0.113. The second kappa shape index (κ2) is 9.14. The lowest BCUT2D eigenvalue weighted by Crippen LogP contribution is -2.47. The maximum Gasteiger partial charge on any atom is 0.286 e. The molecule has 4 rings (SSSR count). The van der Waals surface area contributed by atoms with Crippen molar-refractivity contribution in [1.82, 2.24) is 4.90 Å². The van der Waals surface area contributed by atoms with Gasteiger partial charge in [0.2, 0.25) is 0 Å². The molecule has 2 heterocycles. The van der Waals surface area contributed by atoms with Crippen LogP contribution >= 0.6 is 23.4 Å². The SMILES string of the molecule is CC(C)Oc1ccccc1/C=C1/SC(N2CCN(c3ccc(Cl)cc3)CC2)=NC1=O. The number of hydrogen-bond donors (Lipinski definition) is 0. The quantitative estimate of drug-likeness (QED) is 0.630. The first-order valence-electron chi connectivity index (χ1n) is 10.0. The van der Waals surface area contributed by atoms with Crippen LogP contribution in [0, 0.1) is 0 Å². The molecule has 0 unspecified atom stereocenters. The minimum atomic E-state index is -0.186. The number of halogens is 1. The Morgan fingerprint density at radius 2 is 1.70 bits per heavy atom. The van der Waals surface area contributed by atoms with E-state index in [1.54, 1.807) is 0 Å². The molecule has 1 amide bonds. The molecule has 0 spiro atoms. The van der Waals surface area contributed by atoms with E-state index in [1.807, 2.05) is 68.5 Å². The predicted octanol–water partition coefficient (Wildman–Crippen LogP) is 4.92. The van der Waals surface area contributed by atoms with Crippen molar-refractivity contribution in [2.75, 3.05) is 31.1 Å². The molecule has 7 heteroatoms. The third-order valence-corrected chi connectivity index (χ3v) is 6.22. The van der Waals surface area contributed by atoms with E-state index in [2.05, 4.69) is 14.8 Å². The molecule has 0 N–H and O–H groups in total. The highest BCUT2D eigenvalue weighted by Crippen LogP contribution is 2.33. The Bertz CT molecular complexity index is 980. The Hall–Kier alpha value is -2.44. The van der Waals surface area contributed by atoms with Crippen LogP contribution in [0.25, 0.3) is 6.08 Å². The van der Waals surface area contributed by atoms with Crippen LogP contribution in [0.15, 0.2) is 58.4 Å². The van der Waals surface area contributed by atoms with Gasteiger partial charge in [-0.05, 0) is 62.0 Å². The molecule has 1 saturated heterocycles. The molecule has 0 radical (unpaired) electrons. The van der Waals surface area contributed by atoms with E-state index in [-0.39, 0.29) is 12.0 Å². The maximum absolute atomic E-state index is 12.5. The molecular weight excluding hydrogens is 418 g/mol. The molecule has 5 nitrogen and oxygen atoms in total. The van der Waals surface area contributed by atoms with Crippen LogP contribution in [-0.4, -0.2) is 48.3 Å². The van der Waals surface area contributed by atoms with Gasteiger partial charge in [-0.15, -0.1) is 0 Å². The molecule has 0 aromatic heterocycles. The van der Waals surface area contributed by atoms with E-state index in [0.29, 0.717) is 4.91 Å². The fraction of sp³-hybridized carbons (Fsp3) is 0.304. The fourth-order valence-corrected chi connectivity index (χ4v) is 4.53. The zero-order valence-electron chi connectivity index (χ0n) is 17.0. The molecule has 0 atom stereocenters. The number of hydrogen-bond acceptors (Lipinski definition) is 5. The van der Waals surface area contributed by atoms with Gasteiger partial charge in [0.1, 0.15) is 5.75 Å². The van der Waals surface area contributed by atoms with E-state index >= 15 is 0 Å². The number of thioether (sulfide) groups is 1. The number of ether oxygens (including phenoxy) is 1. The van der Waals surface area contributed by atoms with E-state index < -0.39 is 0 Å². The number of carbonyl (C=O) groups excluding carboxylic acids is 1. The van der Waals surface area contributed by atoms with Crippen LogP contribution in [0.3, 0.4) is 0 Å². The van der Waals surface area contributed by atoms with Crippen molar-refractivity contribution in [3.63, 3.8) is 0 Å². The molecule has 30 heavy (non-hydrogen) atoms. The fourth-order valence-electron chi connectivity index (χ4n) is 3.44. The summed E-state index contributed by atoms with van der Waals surface area (Å²) in [6.45, 7) is 7.37. The van der Waals surface area contributed by atoms with Crippen LogP contribution in [0.5, 0.6) is 5.75 Å². The molecule has 2 aliphatic rings. The Morgan fingerprint density at radius 1 is 1.03 bits per heavy atom. The average molecular weight is 442 g/mol. The van der Waals surface area contributed by atoms with Gasteiger partial charge >= 0.3 is 0 Å². The van der Waals surface area contributed by atoms with Gasteiger partial charge in [0, 0.05) is 42.5 Å². The largest absolute Gasteiger partial charge is 0.490 e. The standard InChI is InChI=1S/C23H24ClN3O2S/c1-16(2)29-20-6-4-3-5-17(20)15-21-22(28)25-23(30-21)27-13-11-26(12-14-27)19-9-7-18(24)8-10-19/h3-10,15-16H,11-14H2,1-2H3/b21-15+. The first kappa shape index (κ1) is 20.8. The molecule has 156 valence electrons. The average Bonchev–Trinajstić information content (AvgIpc) is 3.10. The van der Waals surface area contributed by atoms with Crippen molar-refractivity contribution >= 4 is 46.2 Å². The molecule has 2 aromatic rings. The number of nitrogens with zero attached hydrogens (tertiary/aromatic N) is 3. The molecule has 1 fully saturated rings. The summed E-state index contributed by atoms with van der Waals surface area (Å²) in [5.41, 5.74) is 2.06. The van der Waals surface area contributed by atoms with E-state index in [4.69, 9.17) is 16.3 Å². The summed E-state index contributed by atoms with van der Waals surface area (Å²) in [7, 11) is 0. The number of rotatable bonds is 4. The Morgan fingerprint density at radius 3 is 2.40 bits per heavy atom. The number of amidine groups is 1. The lowest BCUT2D eigenvalue weighted by Gasteiger charge is -2.36. The predicted molar refractivity (Wildman–Crippen MR) is 125 cm³/mol. The minimum Gasteiger partial charge on any atom is -0.490 e. The molecule has 0 bridgehead atoms. The molecule has 0 saturated carbocycles. The van der Waals surface area contributed by atoms with Gasteiger partial charge in [-0.3, -0.25) is 4.79 Å². The summed E-state index contributed by atoms with van der Waals surface area (Å²) in [5, 5.41) is 1.52. The third-order valence-electron chi connectivity index (χ3n) is 4.92. The van der Waals surface area contributed by atoms with Gasteiger partial charge in [0.25, 0.3) is 5.91 Å². The minimum absolute atomic E-state index is 0.0697. The number of piperazine rings is 1. The summed E-state index contributed by atoms with van der Waals surface area (Å²) < 4.78 is 5.87. The van der Waals surface area contributed by atoms with Gasteiger partial charge < -0.3 is 14.5 Å². The van der Waals surface area contributed by atoms with Crippen LogP contribution in [-0.2, 0) is 4.79 Å². The third kappa shape index (κ3) is 4.82. The zero-order valence-corrected chi connectivity index (χ0v) is 18.6.